The van der Waals surface area contributed by atoms with Crippen LogP contribution in [0.1, 0.15) is 19.8 Å². The lowest BCUT2D eigenvalue weighted by Crippen LogP contribution is -2.55. The van der Waals surface area contributed by atoms with Crippen LogP contribution in [0.2, 0.25) is 0 Å². The van der Waals surface area contributed by atoms with E-state index in [9.17, 15) is 0 Å². The van der Waals surface area contributed by atoms with Crippen LogP contribution in [-0.2, 0) is 0 Å². The number of halogens is 2. The van der Waals surface area contributed by atoms with Gasteiger partial charge in [0, 0.05) is 35.8 Å². The van der Waals surface area contributed by atoms with E-state index in [1.54, 1.807) is 0 Å². The van der Waals surface area contributed by atoms with Crippen LogP contribution in [0.25, 0.3) is 0 Å². The first kappa shape index (κ1) is 12.9. The van der Waals surface area contributed by atoms with E-state index >= 15 is 0 Å². The molecule has 18 heavy (non-hydrogen) atoms. The van der Waals surface area contributed by atoms with Crippen molar-refractivity contribution in [3.63, 3.8) is 0 Å². The monoisotopic (exact) mass is 373 g/mol. The summed E-state index contributed by atoms with van der Waals surface area (Å²) in [6.07, 6.45) is 4.56. The number of rotatable bonds is 1. The summed E-state index contributed by atoms with van der Waals surface area (Å²) in [4.78, 5) is 9.66. The molecule has 2 saturated heterocycles. The number of hydrogen-bond donors (Lipinski definition) is 0. The molecule has 1 aromatic heterocycles. The highest BCUT2D eigenvalue weighted by Crippen LogP contribution is 2.32. The first-order chi connectivity index (χ1) is 8.65. The van der Waals surface area contributed by atoms with E-state index in [0.717, 1.165) is 33.9 Å². The maximum Gasteiger partial charge on any atom is 0.143 e. The Morgan fingerprint density at radius 3 is 2.94 bits per heavy atom. The molecular weight excluding hydrogens is 358 g/mol. The number of piperazine rings is 1. The normalized spacial score (nSPS) is 28.5. The van der Waals surface area contributed by atoms with Crippen molar-refractivity contribution in [3.05, 3.63) is 21.2 Å². The second kappa shape index (κ2) is 5.10. The van der Waals surface area contributed by atoms with Gasteiger partial charge in [0.2, 0.25) is 0 Å². The van der Waals surface area contributed by atoms with E-state index in [1.165, 1.54) is 19.4 Å². The number of anilines is 1. The third kappa shape index (κ3) is 2.32. The highest BCUT2D eigenvalue weighted by molar-refractivity contribution is 9.11. The Morgan fingerprint density at radius 1 is 1.33 bits per heavy atom. The Balaban J connectivity index is 1.86. The van der Waals surface area contributed by atoms with E-state index in [2.05, 4.69) is 59.6 Å². The molecule has 0 bridgehead atoms. The fraction of sp³-hybridized carbons (Fsp3) is 0.615. The zero-order chi connectivity index (χ0) is 12.7. The summed E-state index contributed by atoms with van der Waals surface area (Å²) in [5, 5.41) is 0. The molecule has 0 aromatic carbocycles. The Bertz CT molecular complexity index is 452. The lowest BCUT2D eigenvalue weighted by atomic mass is 10.1. The van der Waals surface area contributed by atoms with Gasteiger partial charge >= 0.3 is 0 Å². The molecule has 2 fully saturated rings. The summed E-state index contributed by atoms with van der Waals surface area (Å²) >= 11 is 7.10. The molecule has 2 aliphatic heterocycles. The molecule has 0 N–H and O–H groups in total. The number of fused-ring (bicyclic) bond motifs is 1. The fourth-order valence-electron chi connectivity index (χ4n) is 3.10. The molecule has 98 valence electrons. The molecule has 0 spiro atoms. The summed E-state index contributed by atoms with van der Waals surface area (Å²) in [7, 11) is 0. The third-order valence-electron chi connectivity index (χ3n) is 4.00. The van der Waals surface area contributed by atoms with E-state index in [1.807, 2.05) is 6.20 Å². The summed E-state index contributed by atoms with van der Waals surface area (Å²) in [6.45, 7) is 5.84. The van der Waals surface area contributed by atoms with Gasteiger partial charge in [0.25, 0.3) is 0 Å². The number of pyridine rings is 1. The maximum absolute atomic E-state index is 4.58. The molecule has 0 saturated carbocycles. The molecule has 3 heterocycles. The van der Waals surface area contributed by atoms with Gasteiger partial charge in [-0.1, -0.05) is 0 Å². The highest BCUT2D eigenvalue weighted by Gasteiger charge is 2.35. The topological polar surface area (TPSA) is 19.4 Å². The summed E-state index contributed by atoms with van der Waals surface area (Å²) in [5.74, 6) is 1.08. The third-order valence-corrected chi connectivity index (χ3v) is 5.01. The molecule has 0 radical (unpaired) electrons. The molecule has 1 aromatic rings. The van der Waals surface area contributed by atoms with Crippen LogP contribution in [0.5, 0.6) is 0 Å². The minimum absolute atomic E-state index is 0.532. The highest BCUT2D eigenvalue weighted by atomic mass is 79.9. The summed E-state index contributed by atoms with van der Waals surface area (Å²) < 4.78 is 2.10. The van der Waals surface area contributed by atoms with Crippen molar-refractivity contribution in [2.75, 3.05) is 24.5 Å². The molecule has 0 amide bonds. The average molecular weight is 375 g/mol. The van der Waals surface area contributed by atoms with Crippen LogP contribution in [0, 0.1) is 0 Å². The van der Waals surface area contributed by atoms with E-state index in [4.69, 9.17) is 0 Å². The quantitative estimate of drug-likeness (QED) is 0.751. The standard InChI is InChI=1S/C13H17Br2N3/c1-9-7-17-4-2-3-11(17)8-18(9)13-12(15)5-10(14)6-16-13/h5-6,9,11H,2-4,7-8H2,1H3. The van der Waals surface area contributed by atoms with Crippen molar-refractivity contribution < 1.29 is 0 Å². The predicted molar refractivity (Wildman–Crippen MR) is 81.0 cm³/mol. The number of nitrogens with zero attached hydrogens (tertiary/aromatic N) is 3. The molecule has 2 atom stereocenters. The predicted octanol–water partition coefficient (Wildman–Crippen LogP) is 3.28. The molecule has 5 heteroatoms. The van der Waals surface area contributed by atoms with Gasteiger partial charge in [-0.05, 0) is 64.2 Å². The summed E-state index contributed by atoms with van der Waals surface area (Å²) in [5.41, 5.74) is 0. The van der Waals surface area contributed by atoms with Crippen molar-refractivity contribution >= 4 is 37.7 Å². The molecule has 3 rings (SSSR count). The van der Waals surface area contributed by atoms with Gasteiger partial charge in [-0.2, -0.15) is 0 Å². The first-order valence-corrected chi connectivity index (χ1v) is 8.05. The largest absolute Gasteiger partial charge is 0.350 e. The van der Waals surface area contributed by atoms with Crippen LogP contribution >= 0.6 is 31.9 Å². The average Bonchev–Trinajstić information content (AvgIpc) is 2.75. The number of hydrogen-bond acceptors (Lipinski definition) is 3. The van der Waals surface area contributed by atoms with Crippen LogP contribution in [0.3, 0.4) is 0 Å². The lowest BCUT2D eigenvalue weighted by molar-refractivity contribution is 0.202. The van der Waals surface area contributed by atoms with Crippen molar-refractivity contribution in [1.82, 2.24) is 9.88 Å². The molecule has 0 aliphatic carbocycles. The smallest absolute Gasteiger partial charge is 0.143 e. The van der Waals surface area contributed by atoms with Crippen molar-refractivity contribution in [2.24, 2.45) is 0 Å². The van der Waals surface area contributed by atoms with Crippen molar-refractivity contribution in [3.8, 4) is 0 Å². The minimum atomic E-state index is 0.532. The van der Waals surface area contributed by atoms with Crippen LogP contribution < -0.4 is 4.90 Å². The van der Waals surface area contributed by atoms with E-state index in [-0.39, 0.29) is 0 Å². The Hall–Kier alpha value is -0.130. The molecule has 3 nitrogen and oxygen atoms in total. The zero-order valence-corrected chi connectivity index (χ0v) is 13.6. The van der Waals surface area contributed by atoms with Gasteiger partial charge in [-0.15, -0.1) is 0 Å². The van der Waals surface area contributed by atoms with Gasteiger partial charge in [-0.3, -0.25) is 4.90 Å². The summed E-state index contributed by atoms with van der Waals surface area (Å²) in [6, 6.07) is 3.33. The van der Waals surface area contributed by atoms with Crippen molar-refractivity contribution in [1.29, 1.82) is 0 Å². The SMILES string of the molecule is CC1CN2CCCC2CN1c1ncc(Br)cc1Br. The maximum atomic E-state index is 4.58. The van der Waals surface area contributed by atoms with Crippen molar-refractivity contribution in [2.45, 2.75) is 31.8 Å². The van der Waals surface area contributed by atoms with Gasteiger partial charge in [0.1, 0.15) is 5.82 Å². The Kier molecular flexibility index (Phi) is 3.65. The van der Waals surface area contributed by atoms with E-state index < -0.39 is 0 Å². The second-order valence-corrected chi connectivity index (χ2v) is 7.02. The Morgan fingerprint density at radius 2 is 2.17 bits per heavy atom. The van der Waals surface area contributed by atoms with Gasteiger partial charge in [-0.25, -0.2) is 4.98 Å². The fourth-order valence-corrected chi connectivity index (χ4v) is 4.32. The van der Waals surface area contributed by atoms with E-state index in [0.29, 0.717) is 6.04 Å². The molecule has 2 aliphatic rings. The van der Waals surface area contributed by atoms with Gasteiger partial charge < -0.3 is 4.90 Å². The van der Waals surface area contributed by atoms with Crippen LogP contribution in [0.4, 0.5) is 5.82 Å². The minimum Gasteiger partial charge on any atom is -0.350 e. The zero-order valence-electron chi connectivity index (χ0n) is 10.4. The van der Waals surface area contributed by atoms with Gasteiger partial charge in [0.05, 0.1) is 4.47 Å². The lowest BCUT2D eigenvalue weighted by Gasteiger charge is -2.43. The van der Waals surface area contributed by atoms with Crippen LogP contribution in [-0.4, -0.2) is 41.6 Å². The molecule has 2 unspecified atom stereocenters. The number of aromatic nitrogens is 1. The second-order valence-electron chi connectivity index (χ2n) is 5.25. The first-order valence-electron chi connectivity index (χ1n) is 6.47. The van der Waals surface area contributed by atoms with Crippen LogP contribution in [0.15, 0.2) is 21.2 Å². The van der Waals surface area contributed by atoms with Gasteiger partial charge in [0.15, 0.2) is 0 Å². The Labute approximate surface area is 125 Å². The molecular formula is C13H17Br2N3.